The molecule has 1 fully saturated rings. The maximum absolute atomic E-state index is 13.7. The molecule has 124 valence electrons. The summed E-state index contributed by atoms with van der Waals surface area (Å²) in [5, 5.41) is 4.43. The van der Waals surface area contributed by atoms with Crippen LogP contribution in [0.25, 0.3) is 0 Å². The Kier molecular flexibility index (Phi) is 4.11. The molecular weight excluding hydrogens is 325 g/mol. The Bertz CT molecular complexity index is 799. The summed E-state index contributed by atoms with van der Waals surface area (Å²) in [7, 11) is 0. The van der Waals surface area contributed by atoms with Gasteiger partial charge in [-0.15, -0.1) is 0 Å². The van der Waals surface area contributed by atoms with E-state index in [-0.39, 0.29) is 0 Å². The normalized spacial score (nSPS) is 19.5. The zero-order valence-corrected chi connectivity index (χ0v) is 12.1. The van der Waals surface area contributed by atoms with Crippen LogP contribution in [0.4, 0.5) is 23.7 Å². The Labute approximate surface area is 134 Å². The van der Waals surface area contributed by atoms with Crippen LogP contribution >= 0.6 is 0 Å². The van der Waals surface area contributed by atoms with E-state index in [1.54, 1.807) is 30.3 Å². The fourth-order valence-electron chi connectivity index (χ4n) is 2.36. The van der Waals surface area contributed by atoms with Gasteiger partial charge in [0.25, 0.3) is 5.91 Å². The summed E-state index contributed by atoms with van der Waals surface area (Å²) in [6.07, 6.45) is -1.73. The maximum atomic E-state index is 13.7. The second-order valence-electron chi connectivity index (χ2n) is 5.07. The fraction of sp³-hybridized carbons (Fsp3) is 0.125. The Balaban J connectivity index is 1.84. The first-order valence-corrected chi connectivity index (χ1v) is 6.94. The van der Waals surface area contributed by atoms with Gasteiger partial charge in [0.1, 0.15) is 0 Å². The Morgan fingerprint density at radius 3 is 2.46 bits per heavy atom. The Morgan fingerprint density at radius 1 is 1.04 bits per heavy atom. The van der Waals surface area contributed by atoms with Gasteiger partial charge >= 0.3 is 6.09 Å². The number of carbonyl (C=O) groups excluding carboxylic acids is 2. The number of hydrogen-bond donors (Lipinski definition) is 2. The molecule has 5 nitrogen and oxygen atoms in total. The van der Waals surface area contributed by atoms with Gasteiger partial charge in [-0.25, -0.2) is 18.0 Å². The number of benzene rings is 2. The molecule has 24 heavy (non-hydrogen) atoms. The highest BCUT2D eigenvalue weighted by Crippen LogP contribution is 2.28. The largest absolute Gasteiger partial charge is 0.439 e. The molecule has 2 atom stereocenters. The number of hydrogen-bond acceptors (Lipinski definition) is 3. The van der Waals surface area contributed by atoms with E-state index >= 15 is 0 Å². The molecule has 0 radical (unpaired) electrons. The van der Waals surface area contributed by atoms with Gasteiger partial charge in [-0.05, 0) is 17.7 Å². The number of rotatable bonds is 3. The van der Waals surface area contributed by atoms with Crippen LogP contribution in [0.3, 0.4) is 0 Å². The predicted molar refractivity (Wildman–Crippen MR) is 77.5 cm³/mol. The van der Waals surface area contributed by atoms with E-state index in [0.29, 0.717) is 11.6 Å². The lowest BCUT2D eigenvalue weighted by Crippen LogP contribution is -2.40. The quantitative estimate of drug-likeness (QED) is 0.847. The summed E-state index contributed by atoms with van der Waals surface area (Å²) in [6.45, 7) is 0. The summed E-state index contributed by atoms with van der Waals surface area (Å²) in [5.74, 6) is -5.41. The van der Waals surface area contributed by atoms with Crippen molar-refractivity contribution in [3.05, 3.63) is 65.5 Å². The van der Waals surface area contributed by atoms with Crippen molar-refractivity contribution in [1.82, 2.24) is 5.32 Å². The summed E-state index contributed by atoms with van der Waals surface area (Å²) in [5.41, 5.74) is 0.0219. The molecular formula is C16H11F3N2O3. The van der Waals surface area contributed by atoms with Crippen LogP contribution < -0.4 is 10.6 Å². The van der Waals surface area contributed by atoms with E-state index in [9.17, 15) is 22.8 Å². The van der Waals surface area contributed by atoms with E-state index in [1.165, 1.54) is 0 Å². The van der Waals surface area contributed by atoms with Gasteiger partial charge in [-0.3, -0.25) is 4.79 Å². The van der Waals surface area contributed by atoms with Crippen molar-refractivity contribution in [2.24, 2.45) is 0 Å². The Morgan fingerprint density at radius 2 is 1.75 bits per heavy atom. The zero-order chi connectivity index (χ0) is 17.3. The van der Waals surface area contributed by atoms with Crippen molar-refractivity contribution in [3.63, 3.8) is 0 Å². The second-order valence-corrected chi connectivity index (χ2v) is 5.07. The number of halogens is 3. The average molecular weight is 336 g/mol. The zero-order valence-electron chi connectivity index (χ0n) is 12.1. The summed E-state index contributed by atoms with van der Waals surface area (Å²) in [4.78, 5) is 23.8. The first-order chi connectivity index (χ1) is 11.5. The van der Waals surface area contributed by atoms with E-state index in [1.807, 2.05) is 0 Å². The molecule has 2 aromatic carbocycles. The van der Waals surface area contributed by atoms with Gasteiger partial charge in [0.2, 0.25) is 0 Å². The highest BCUT2D eigenvalue weighted by Gasteiger charge is 2.40. The lowest BCUT2D eigenvalue weighted by Gasteiger charge is -2.17. The molecule has 0 aromatic heterocycles. The first-order valence-electron chi connectivity index (χ1n) is 6.94. The predicted octanol–water partition coefficient (Wildman–Crippen LogP) is 2.89. The summed E-state index contributed by atoms with van der Waals surface area (Å²) < 4.78 is 44.9. The molecule has 1 heterocycles. The molecule has 0 aliphatic carbocycles. The number of nitrogens with one attached hydrogen (secondary N) is 2. The second kappa shape index (κ2) is 6.23. The van der Waals surface area contributed by atoms with E-state index in [0.717, 1.165) is 6.07 Å². The van der Waals surface area contributed by atoms with E-state index in [2.05, 4.69) is 10.6 Å². The lowest BCUT2D eigenvalue weighted by molar-refractivity contribution is -0.119. The molecule has 0 spiro atoms. The fourth-order valence-corrected chi connectivity index (χ4v) is 2.36. The molecule has 1 aliphatic rings. The van der Waals surface area contributed by atoms with Crippen molar-refractivity contribution in [3.8, 4) is 0 Å². The number of alkyl carbamates (subject to hydrolysis) is 1. The number of carbonyl (C=O) groups is 2. The van der Waals surface area contributed by atoms with Crippen molar-refractivity contribution in [2.75, 3.05) is 5.32 Å². The summed E-state index contributed by atoms with van der Waals surface area (Å²) >= 11 is 0. The van der Waals surface area contributed by atoms with Gasteiger partial charge in [0, 0.05) is 0 Å². The van der Waals surface area contributed by atoms with Crippen LogP contribution in [-0.2, 0) is 9.53 Å². The van der Waals surface area contributed by atoms with Crippen LogP contribution in [0.1, 0.15) is 11.7 Å². The highest BCUT2D eigenvalue weighted by molar-refractivity contribution is 5.98. The van der Waals surface area contributed by atoms with Crippen molar-refractivity contribution < 1.29 is 27.5 Å². The minimum Gasteiger partial charge on any atom is -0.439 e. The van der Waals surface area contributed by atoms with Crippen LogP contribution in [0.15, 0.2) is 42.5 Å². The monoisotopic (exact) mass is 336 g/mol. The van der Waals surface area contributed by atoms with Crippen molar-refractivity contribution >= 4 is 17.7 Å². The smallest absolute Gasteiger partial charge is 0.408 e. The third kappa shape index (κ3) is 2.90. The number of anilines is 1. The summed E-state index contributed by atoms with van der Waals surface area (Å²) in [6, 6.07) is 8.89. The number of ether oxygens (including phenoxy) is 1. The molecule has 3 rings (SSSR count). The Hall–Kier alpha value is -3.03. The van der Waals surface area contributed by atoms with E-state index < -0.39 is 47.3 Å². The molecule has 2 amide bonds. The highest BCUT2D eigenvalue weighted by atomic mass is 19.2. The standard InChI is InChI=1S/C16H11F3N2O3/c17-9-6-7-10(12(19)11(9)18)20-15(22)13-14(24-16(23)21-13)8-4-2-1-3-5-8/h1-7,13-14H,(H,20,22)(H,21,23). The SMILES string of the molecule is O=C1NC(C(=O)Nc2ccc(F)c(F)c2F)C(c2ccccc2)O1. The molecule has 0 bridgehead atoms. The molecule has 2 N–H and O–H groups in total. The number of amides is 2. The molecule has 2 unspecified atom stereocenters. The van der Waals surface area contributed by atoms with Crippen LogP contribution in [-0.4, -0.2) is 18.0 Å². The number of cyclic esters (lactones) is 1. The van der Waals surface area contributed by atoms with Gasteiger partial charge in [0.05, 0.1) is 5.69 Å². The van der Waals surface area contributed by atoms with Crippen LogP contribution in [0, 0.1) is 17.5 Å². The first kappa shape index (κ1) is 15.9. The molecule has 8 heteroatoms. The maximum Gasteiger partial charge on any atom is 0.408 e. The minimum absolute atomic E-state index is 0.535. The van der Waals surface area contributed by atoms with E-state index in [4.69, 9.17) is 4.74 Å². The van der Waals surface area contributed by atoms with Gasteiger partial charge < -0.3 is 15.4 Å². The molecule has 1 aliphatic heterocycles. The van der Waals surface area contributed by atoms with Crippen LogP contribution in [0.2, 0.25) is 0 Å². The van der Waals surface area contributed by atoms with Gasteiger partial charge in [-0.2, -0.15) is 0 Å². The van der Waals surface area contributed by atoms with Gasteiger partial charge in [0.15, 0.2) is 29.6 Å². The van der Waals surface area contributed by atoms with Crippen molar-refractivity contribution in [2.45, 2.75) is 12.1 Å². The minimum atomic E-state index is -1.70. The molecule has 2 aromatic rings. The third-order valence-corrected chi connectivity index (χ3v) is 3.51. The average Bonchev–Trinajstić information content (AvgIpc) is 2.98. The topological polar surface area (TPSA) is 67.4 Å². The lowest BCUT2D eigenvalue weighted by atomic mass is 10.0. The molecule has 0 saturated carbocycles. The van der Waals surface area contributed by atoms with Gasteiger partial charge in [-0.1, -0.05) is 30.3 Å². The van der Waals surface area contributed by atoms with Crippen molar-refractivity contribution in [1.29, 1.82) is 0 Å². The van der Waals surface area contributed by atoms with Crippen LogP contribution in [0.5, 0.6) is 0 Å². The molecule has 1 saturated heterocycles. The third-order valence-electron chi connectivity index (χ3n) is 3.51.